The van der Waals surface area contributed by atoms with Crippen LogP contribution in [0.5, 0.6) is 0 Å². The maximum Gasteiger partial charge on any atom is 0.213 e. The largest absolute Gasteiger partial charge is 1.00 e. The monoisotopic (exact) mass is 944 g/mol. The number of aryl methyl sites for hydroxylation is 4. The number of halogens is 2. The van der Waals surface area contributed by atoms with E-state index in [0.29, 0.717) is 12.1 Å². The van der Waals surface area contributed by atoms with E-state index in [1.54, 1.807) is 33.6 Å². The van der Waals surface area contributed by atoms with Crippen LogP contribution in [0.4, 0.5) is 11.4 Å². The first-order valence-electron chi connectivity index (χ1n) is 23.1. The van der Waals surface area contributed by atoms with E-state index in [1.165, 1.54) is 122 Å². The minimum Gasteiger partial charge on any atom is -1.00 e. The van der Waals surface area contributed by atoms with E-state index in [4.69, 9.17) is 0 Å². The van der Waals surface area contributed by atoms with Gasteiger partial charge < -0.3 is 43.8 Å². The third-order valence-electron chi connectivity index (χ3n) is 14.3. The number of hydrogen-bond donors (Lipinski definition) is 0. The summed E-state index contributed by atoms with van der Waals surface area (Å²) in [5.41, 5.74) is 19.8. The van der Waals surface area contributed by atoms with Crippen molar-refractivity contribution in [3.63, 3.8) is 0 Å². The normalized spacial score (nSPS) is 19.4. The minimum atomic E-state index is 0. The molecular weight excluding hydrogens is 888 g/mol. The van der Waals surface area contributed by atoms with Crippen molar-refractivity contribution in [3.8, 4) is 0 Å². The van der Waals surface area contributed by atoms with E-state index in [2.05, 4.69) is 165 Å². The molecule has 0 atom stereocenters. The molecule has 316 valence electrons. The van der Waals surface area contributed by atoms with Crippen molar-refractivity contribution in [1.82, 2.24) is 0 Å². The van der Waals surface area contributed by atoms with Crippen LogP contribution in [-0.4, -0.2) is 26.2 Å². The summed E-state index contributed by atoms with van der Waals surface area (Å²) in [6, 6.07) is 46.8. The van der Waals surface area contributed by atoms with Crippen molar-refractivity contribution in [2.75, 3.05) is 36.0 Å². The minimum absolute atomic E-state index is 0. The average molecular weight is 947 g/mol. The van der Waals surface area contributed by atoms with Gasteiger partial charge in [-0.1, -0.05) is 60.7 Å². The Morgan fingerprint density at radius 2 is 0.774 bits per heavy atom. The zero-order valence-corrected chi connectivity index (χ0v) is 39.0. The maximum absolute atomic E-state index is 2.65. The molecule has 11 rings (SSSR count). The zero-order chi connectivity index (χ0) is 39.8. The fraction of sp³-hybridized carbons (Fsp3) is 0.321. The first kappa shape index (κ1) is 42.5. The molecule has 5 aliphatic rings. The average Bonchev–Trinajstić information content (AvgIpc) is 3.31. The van der Waals surface area contributed by atoms with Crippen molar-refractivity contribution in [1.29, 1.82) is 0 Å². The second kappa shape index (κ2) is 18.9. The van der Waals surface area contributed by atoms with Gasteiger partial charge in [0, 0.05) is 87.5 Å². The topological polar surface area (TPSA) is 14.2 Å². The molecule has 0 spiro atoms. The van der Waals surface area contributed by atoms with Gasteiger partial charge in [0.1, 0.15) is 0 Å². The van der Waals surface area contributed by atoms with Gasteiger partial charge in [0.05, 0.1) is 11.1 Å². The Hall–Kier alpha value is -4.78. The van der Waals surface area contributed by atoms with Crippen molar-refractivity contribution >= 4 is 34.7 Å². The predicted molar refractivity (Wildman–Crippen MR) is 247 cm³/mol. The van der Waals surface area contributed by atoms with Gasteiger partial charge in [-0.05, 0) is 144 Å². The molecule has 4 aliphatic heterocycles. The third kappa shape index (κ3) is 8.38. The van der Waals surface area contributed by atoms with Crippen LogP contribution in [0.3, 0.4) is 0 Å². The van der Waals surface area contributed by atoms with Gasteiger partial charge in [0.25, 0.3) is 0 Å². The summed E-state index contributed by atoms with van der Waals surface area (Å²) in [6.07, 6.45) is 24.1. The first-order valence-corrected chi connectivity index (χ1v) is 23.1. The Bertz CT molecular complexity index is 2350. The van der Waals surface area contributed by atoms with Gasteiger partial charge in [-0.3, -0.25) is 0 Å². The van der Waals surface area contributed by atoms with Crippen molar-refractivity contribution in [2.45, 2.75) is 89.1 Å². The van der Waals surface area contributed by atoms with Crippen molar-refractivity contribution in [2.24, 2.45) is 0 Å². The number of nitrogens with zero attached hydrogens (tertiary/aromatic N) is 4. The predicted octanol–water partition coefficient (Wildman–Crippen LogP) is 5.20. The molecule has 0 radical (unpaired) electrons. The van der Waals surface area contributed by atoms with Crippen LogP contribution < -0.4 is 52.9 Å². The summed E-state index contributed by atoms with van der Waals surface area (Å²) >= 11 is 0. The number of benzene rings is 4. The lowest BCUT2D eigenvalue weighted by Gasteiger charge is -2.37. The standard InChI is InChI=1S/C56H58N4.2BrH/c1-3-15-43(16-4-1)51(39-41-35-45-19-11-29-57-30-12-20-46(36-41)55(45)57)53-23-7-9-33-59(53)49-25-27-50(28-26-49)60-34-10-8-24-54(60)52(44-17-5-2-6-18-44)40-42-37-47-21-13-31-58-32-14-22-48(38-42)56(47)58;;/h1-10,15-18,23-24,33-40,49-50H,11-14,19-22,25-32H2;2*1H/q+2;;/p-2. The summed E-state index contributed by atoms with van der Waals surface area (Å²) in [4.78, 5) is 5.30. The van der Waals surface area contributed by atoms with Gasteiger partial charge in [-0.15, -0.1) is 0 Å². The number of rotatable bonds is 8. The molecule has 6 aromatic rings. The van der Waals surface area contributed by atoms with Crippen LogP contribution in [0, 0.1) is 0 Å². The quantitative estimate of drug-likeness (QED) is 0.154. The van der Waals surface area contributed by atoms with Crippen LogP contribution in [-0.2, 0) is 25.7 Å². The van der Waals surface area contributed by atoms with Gasteiger partial charge >= 0.3 is 0 Å². The molecule has 0 amide bonds. The molecule has 0 unspecified atom stereocenters. The lowest BCUT2D eigenvalue weighted by molar-refractivity contribution is -0.750. The van der Waals surface area contributed by atoms with Crippen LogP contribution in [0.2, 0.25) is 0 Å². The Balaban J connectivity index is 0.00000245. The van der Waals surface area contributed by atoms with E-state index in [-0.39, 0.29) is 34.0 Å². The van der Waals surface area contributed by atoms with Crippen LogP contribution >= 0.6 is 0 Å². The highest BCUT2D eigenvalue weighted by Crippen LogP contribution is 2.40. The van der Waals surface area contributed by atoms with Crippen LogP contribution in [0.15, 0.2) is 134 Å². The molecule has 0 N–H and O–H groups in total. The van der Waals surface area contributed by atoms with Gasteiger partial charge in [0.2, 0.25) is 11.4 Å². The van der Waals surface area contributed by atoms with Gasteiger partial charge in [0.15, 0.2) is 24.5 Å². The highest BCUT2D eigenvalue weighted by Gasteiger charge is 2.36. The molecule has 1 aliphatic carbocycles. The molecule has 1 fully saturated rings. The summed E-state index contributed by atoms with van der Waals surface area (Å²) in [6.45, 7) is 4.84. The molecule has 1 saturated carbocycles. The molecule has 4 aromatic carbocycles. The van der Waals surface area contributed by atoms with Crippen LogP contribution in [0.25, 0.3) is 23.3 Å². The second-order valence-electron chi connectivity index (χ2n) is 18.1. The smallest absolute Gasteiger partial charge is 0.213 e. The van der Waals surface area contributed by atoms with Gasteiger partial charge in [-0.25, -0.2) is 0 Å². The number of anilines is 2. The number of aromatic nitrogens is 2. The molecule has 4 nitrogen and oxygen atoms in total. The molecule has 6 heterocycles. The van der Waals surface area contributed by atoms with E-state index in [9.17, 15) is 0 Å². The van der Waals surface area contributed by atoms with Crippen molar-refractivity contribution in [3.05, 3.63) is 190 Å². The Morgan fingerprint density at radius 1 is 0.435 bits per heavy atom. The molecule has 6 heteroatoms. The Morgan fingerprint density at radius 3 is 1.13 bits per heavy atom. The fourth-order valence-corrected chi connectivity index (χ4v) is 11.6. The highest BCUT2D eigenvalue weighted by atomic mass is 79.9. The number of pyridine rings is 2. The Labute approximate surface area is 390 Å². The molecule has 0 bridgehead atoms. The second-order valence-corrected chi connectivity index (χ2v) is 18.1. The lowest BCUT2D eigenvalue weighted by Crippen LogP contribution is -3.00. The summed E-state index contributed by atoms with van der Waals surface area (Å²) in [5.74, 6) is 0. The number of hydrogen-bond acceptors (Lipinski definition) is 2. The SMILES string of the molecule is C(=C(/c1ccccc1)c1cccc[n+]1C1CCC([n+]2ccccc2/C(=C/c2cc3c4c(c2)CCCN4CCC3)c2ccccc2)CC1)/c1cc2c3c(c1)CCCN3CCC2.[Br-].[Br-]. The summed E-state index contributed by atoms with van der Waals surface area (Å²) in [5, 5.41) is 0. The van der Waals surface area contributed by atoms with Crippen LogP contribution in [0.1, 0.15) is 119 Å². The van der Waals surface area contributed by atoms with E-state index < -0.39 is 0 Å². The lowest BCUT2D eigenvalue weighted by atomic mass is 9.87. The zero-order valence-electron chi connectivity index (χ0n) is 35.9. The molecule has 2 aromatic heterocycles. The Kier molecular flexibility index (Phi) is 13.0. The van der Waals surface area contributed by atoms with E-state index >= 15 is 0 Å². The fourth-order valence-electron chi connectivity index (χ4n) is 11.6. The summed E-state index contributed by atoms with van der Waals surface area (Å²) in [7, 11) is 0. The van der Waals surface area contributed by atoms with E-state index in [0.717, 1.165) is 25.7 Å². The molecular formula is C56H58Br2N4. The molecule has 62 heavy (non-hydrogen) atoms. The highest BCUT2D eigenvalue weighted by molar-refractivity contribution is 5.91. The van der Waals surface area contributed by atoms with E-state index in [1.807, 2.05) is 0 Å². The first-order chi connectivity index (χ1) is 29.7. The van der Waals surface area contributed by atoms with Gasteiger partial charge in [-0.2, -0.15) is 9.13 Å². The maximum atomic E-state index is 2.65. The molecule has 0 saturated heterocycles. The van der Waals surface area contributed by atoms with Crippen molar-refractivity contribution < 1.29 is 43.1 Å². The summed E-state index contributed by atoms with van der Waals surface area (Å²) < 4.78 is 5.24. The third-order valence-corrected chi connectivity index (χ3v) is 14.3.